The van der Waals surface area contributed by atoms with Gasteiger partial charge in [-0.3, -0.25) is 4.99 Å². The molecule has 0 aromatic heterocycles. The normalized spacial score (nSPS) is 16.1. The standard InChI is InChI=1S/C9H11NO2/c1-3-8-6-7(4-5-10-8)9(11)12-2/h3,6H,1,4-5H2,2H3. The molecule has 0 unspecified atom stereocenters. The fraction of sp³-hybridized carbons (Fsp3) is 0.333. The van der Waals surface area contributed by atoms with Crippen LogP contribution in [0.25, 0.3) is 0 Å². The molecule has 0 saturated carbocycles. The summed E-state index contributed by atoms with van der Waals surface area (Å²) in [4.78, 5) is 15.2. The van der Waals surface area contributed by atoms with E-state index in [1.165, 1.54) is 7.11 Å². The molecule has 0 aromatic rings. The lowest BCUT2D eigenvalue weighted by Gasteiger charge is -2.08. The average molecular weight is 165 g/mol. The first-order valence-corrected chi connectivity index (χ1v) is 3.73. The summed E-state index contributed by atoms with van der Waals surface area (Å²) in [6.07, 6.45) is 3.99. The summed E-state index contributed by atoms with van der Waals surface area (Å²) in [6.45, 7) is 4.22. The van der Waals surface area contributed by atoms with Crippen molar-refractivity contribution in [3.63, 3.8) is 0 Å². The molecule has 1 aliphatic rings. The molecule has 0 amide bonds. The van der Waals surface area contributed by atoms with E-state index in [0.29, 0.717) is 18.5 Å². The van der Waals surface area contributed by atoms with Gasteiger partial charge in [0.25, 0.3) is 0 Å². The molecule has 0 spiro atoms. The Balaban J connectivity index is 2.79. The summed E-state index contributed by atoms with van der Waals surface area (Å²) < 4.78 is 4.59. The number of dihydropyridines is 1. The first kappa shape index (κ1) is 8.71. The molecular weight excluding hydrogens is 154 g/mol. The molecule has 0 atom stereocenters. The van der Waals surface area contributed by atoms with Crippen molar-refractivity contribution in [3.05, 3.63) is 24.3 Å². The van der Waals surface area contributed by atoms with E-state index in [1.54, 1.807) is 12.2 Å². The molecule has 64 valence electrons. The van der Waals surface area contributed by atoms with Crippen LogP contribution in [0.1, 0.15) is 6.42 Å². The highest BCUT2D eigenvalue weighted by Gasteiger charge is 2.12. The number of ether oxygens (including phenoxy) is 1. The van der Waals surface area contributed by atoms with Gasteiger partial charge in [0.15, 0.2) is 0 Å². The van der Waals surface area contributed by atoms with Crippen molar-refractivity contribution in [1.29, 1.82) is 0 Å². The molecule has 0 saturated heterocycles. The van der Waals surface area contributed by atoms with Gasteiger partial charge in [-0.25, -0.2) is 4.79 Å². The molecule has 0 aliphatic carbocycles. The zero-order chi connectivity index (χ0) is 8.97. The molecule has 0 fully saturated rings. The molecule has 0 aromatic carbocycles. The summed E-state index contributed by atoms with van der Waals surface area (Å²) in [5, 5.41) is 0. The van der Waals surface area contributed by atoms with Gasteiger partial charge in [-0.05, 0) is 18.6 Å². The SMILES string of the molecule is C=CC1=NCCC(C(=O)OC)=C1. The predicted octanol–water partition coefficient (Wildman–Crippen LogP) is 1.12. The van der Waals surface area contributed by atoms with Crippen molar-refractivity contribution < 1.29 is 9.53 Å². The Morgan fingerprint density at radius 3 is 3.17 bits per heavy atom. The molecule has 1 aliphatic heterocycles. The quantitative estimate of drug-likeness (QED) is 0.575. The molecule has 1 rings (SSSR count). The Hall–Kier alpha value is -1.38. The zero-order valence-corrected chi connectivity index (χ0v) is 7.04. The maximum Gasteiger partial charge on any atom is 0.333 e. The van der Waals surface area contributed by atoms with E-state index in [2.05, 4.69) is 16.3 Å². The highest BCUT2D eigenvalue weighted by molar-refractivity contribution is 6.08. The second-order valence-corrected chi connectivity index (χ2v) is 2.42. The fourth-order valence-electron chi connectivity index (χ4n) is 1.02. The monoisotopic (exact) mass is 165 g/mol. The Kier molecular flexibility index (Phi) is 2.80. The number of methoxy groups -OCH3 is 1. The second-order valence-electron chi connectivity index (χ2n) is 2.42. The number of nitrogens with zero attached hydrogens (tertiary/aromatic N) is 1. The van der Waals surface area contributed by atoms with Crippen molar-refractivity contribution in [2.75, 3.05) is 13.7 Å². The summed E-state index contributed by atoms with van der Waals surface area (Å²) in [5.41, 5.74) is 1.42. The van der Waals surface area contributed by atoms with E-state index < -0.39 is 0 Å². The van der Waals surface area contributed by atoms with E-state index in [-0.39, 0.29) is 5.97 Å². The van der Waals surface area contributed by atoms with E-state index in [1.807, 2.05) is 0 Å². The van der Waals surface area contributed by atoms with E-state index in [0.717, 1.165) is 5.71 Å². The van der Waals surface area contributed by atoms with Crippen LogP contribution >= 0.6 is 0 Å². The molecule has 0 N–H and O–H groups in total. The zero-order valence-electron chi connectivity index (χ0n) is 7.04. The van der Waals surface area contributed by atoms with Gasteiger partial charge in [-0.15, -0.1) is 0 Å². The molecule has 1 heterocycles. The summed E-state index contributed by atoms with van der Waals surface area (Å²) >= 11 is 0. The van der Waals surface area contributed by atoms with Crippen LogP contribution in [0, 0.1) is 0 Å². The number of carbonyl (C=O) groups is 1. The van der Waals surface area contributed by atoms with Crippen molar-refractivity contribution in [3.8, 4) is 0 Å². The first-order chi connectivity index (χ1) is 5.77. The van der Waals surface area contributed by atoms with Crippen LogP contribution in [0.4, 0.5) is 0 Å². The van der Waals surface area contributed by atoms with Gasteiger partial charge >= 0.3 is 5.97 Å². The number of allylic oxidation sites excluding steroid dienone is 2. The molecule has 3 nitrogen and oxygen atoms in total. The van der Waals surface area contributed by atoms with Crippen molar-refractivity contribution >= 4 is 11.7 Å². The number of rotatable bonds is 2. The minimum Gasteiger partial charge on any atom is -0.466 e. The van der Waals surface area contributed by atoms with Gasteiger partial charge in [0, 0.05) is 12.1 Å². The third-order valence-electron chi connectivity index (χ3n) is 1.65. The highest BCUT2D eigenvalue weighted by Crippen LogP contribution is 2.09. The summed E-state index contributed by atoms with van der Waals surface area (Å²) in [5.74, 6) is -0.274. The highest BCUT2D eigenvalue weighted by atomic mass is 16.5. The van der Waals surface area contributed by atoms with Crippen LogP contribution < -0.4 is 0 Å². The molecule has 12 heavy (non-hydrogen) atoms. The van der Waals surface area contributed by atoms with Crippen LogP contribution in [0.2, 0.25) is 0 Å². The van der Waals surface area contributed by atoms with Crippen molar-refractivity contribution in [2.45, 2.75) is 6.42 Å². The van der Waals surface area contributed by atoms with Gasteiger partial charge in [-0.2, -0.15) is 0 Å². The van der Waals surface area contributed by atoms with Gasteiger partial charge in [0.1, 0.15) is 0 Å². The topological polar surface area (TPSA) is 38.7 Å². The Morgan fingerprint density at radius 2 is 2.58 bits per heavy atom. The van der Waals surface area contributed by atoms with Crippen LogP contribution in [-0.2, 0) is 9.53 Å². The van der Waals surface area contributed by atoms with Gasteiger partial charge in [-0.1, -0.05) is 6.58 Å². The Labute approximate surface area is 71.4 Å². The maximum atomic E-state index is 11.0. The number of carbonyl (C=O) groups excluding carboxylic acids is 1. The minimum absolute atomic E-state index is 0.274. The molecule has 0 bridgehead atoms. The number of hydrogen-bond acceptors (Lipinski definition) is 3. The average Bonchev–Trinajstić information content (AvgIpc) is 2.17. The van der Waals surface area contributed by atoms with Crippen LogP contribution in [0.5, 0.6) is 0 Å². The molecular formula is C9H11NO2. The van der Waals surface area contributed by atoms with E-state index >= 15 is 0 Å². The van der Waals surface area contributed by atoms with Gasteiger partial charge in [0.2, 0.25) is 0 Å². The minimum atomic E-state index is -0.274. The van der Waals surface area contributed by atoms with Crippen LogP contribution in [0.15, 0.2) is 29.3 Å². The predicted molar refractivity (Wildman–Crippen MR) is 47.2 cm³/mol. The molecule has 0 radical (unpaired) electrons. The first-order valence-electron chi connectivity index (χ1n) is 3.73. The lowest BCUT2D eigenvalue weighted by Crippen LogP contribution is -2.11. The van der Waals surface area contributed by atoms with Crippen LogP contribution in [0.3, 0.4) is 0 Å². The fourth-order valence-corrected chi connectivity index (χ4v) is 1.02. The largest absolute Gasteiger partial charge is 0.466 e. The number of hydrogen-bond donors (Lipinski definition) is 0. The van der Waals surface area contributed by atoms with Gasteiger partial charge in [0.05, 0.1) is 12.8 Å². The maximum absolute atomic E-state index is 11.0. The smallest absolute Gasteiger partial charge is 0.333 e. The lowest BCUT2D eigenvalue weighted by atomic mass is 10.1. The summed E-state index contributed by atoms with van der Waals surface area (Å²) in [6, 6.07) is 0. The third-order valence-corrected chi connectivity index (χ3v) is 1.65. The molecule has 3 heteroatoms. The van der Waals surface area contributed by atoms with E-state index in [9.17, 15) is 4.79 Å². The lowest BCUT2D eigenvalue weighted by molar-refractivity contribution is -0.136. The second kappa shape index (κ2) is 3.85. The number of aliphatic imine (C=N–C) groups is 1. The van der Waals surface area contributed by atoms with E-state index in [4.69, 9.17) is 0 Å². The van der Waals surface area contributed by atoms with Crippen molar-refractivity contribution in [1.82, 2.24) is 0 Å². The number of esters is 1. The van der Waals surface area contributed by atoms with Crippen LogP contribution in [-0.4, -0.2) is 25.3 Å². The Bertz CT molecular complexity index is 264. The van der Waals surface area contributed by atoms with Gasteiger partial charge < -0.3 is 4.74 Å². The third kappa shape index (κ3) is 1.81. The summed E-state index contributed by atoms with van der Waals surface area (Å²) in [7, 11) is 1.38. The van der Waals surface area contributed by atoms with Crippen molar-refractivity contribution in [2.24, 2.45) is 4.99 Å². The Morgan fingerprint density at radius 1 is 1.83 bits per heavy atom.